The van der Waals surface area contributed by atoms with E-state index >= 15 is 0 Å². The summed E-state index contributed by atoms with van der Waals surface area (Å²) in [6.45, 7) is 3.04. The number of epoxide rings is 1. The molecule has 0 amide bonds. The van der Waals surface area contributed by atoms with E-state index in [2.05, 4.69) is 55.5 Å². The second-order valence-corrected chi connectivity index (χ2v) is 6.44. The summed E-state index contributed by atoms with van der Waals surface area (Å²) in [7, 11) is 0. The van der Waals surface area contributed by atoms with E-state index in [1.54, 1.807) is 11.1 Å². The summed E-state index contributed by atoms with van der Waals surface area (Å²) in [6, 6.07) is 18.0. The molecule has 1 unspecified atom stereocenters. The number of aryl methyl sites for hydroxylation is 2. The Kier molecular flexibility index (Phi) is 3.59. The summed E-state index contributed by atoms with van der Waals surface area (Å²) in [5.41, 5.74) is 3.17. The van der Waals surface area contributed by atoms with Gasteiger partial charge in [0.15, 0.2) is 0 Å². The second-order valence-electron chi connectivity index (χ2n) is 6.44. The van der Waals surface area contributed by atoms with Crippen molar-refractivity contribution in [2.75, 3.05) is 6.61 Å². The zero-order valence-electron chi connectivity index (χ0n) is 13.1. The minimum atomic E-state index is 0.583. The fourth-order valence-corrected chi connectivity index (χ4v) is 3.44. The zero-order chi connectivity index (χ0) is 14.9. The van der Waals surface area contributed by atoms with Gasteiger partial charge in [0.05, 0.1) is 12.7 Å². The van der Waals surface area contributed by atoms with Crippen molar-refractivity contribution in [3.8, 4) is 0 Å². The Labute approximate surface area is 131 Å². The lowest BCUT2D eigenvalue weighted by Gasteiger charge is -2.18. The molecule has 1 atom stereocenters. The smallest absolute Gasteiger partial charge is 0.0781 e. The molecule has 3 aromatic carbocycles. The van der Waals surface area contributed by atoms with Gasteiger partial charge in [-0.3, -0.25) is 0 Å². The van der Waals surface area contributed by atoms with Crippen LogP contribution in [0, 0.1) is 0 Å². The van der Waals surface area contributed by atoms with Crippen LogP contribution in [-0.2, 0) is 17.6 Å². The first-order chi connectivity index (χ1) is 10.8. The molecule has 1 aliphatic heterocycles. The Morgan fingerprint density at radius 3 is 2.36 bits per heavy atom. The SMILES string of the molecule is CC1CO1.c1ccc2c(c1)ccc1c3c(ccc12)CCCC3. The molecule has 1 heterocycles. The third kappa shape index (κ3) is 2.62. The van der Waals surface area contributed by atoms with Crippen molar-refractivity contribution < 1.29 is 4.74 Å². The van der Waals surface area contributed by atoms with Gasteiger partial charge < -0.3 is 4.74 Å². The third-order valence-electron chi connectivity index (χ3n) is 4.76. The summed E-state index contributed by atoms with van der Waals surface area (Å²) in [5, 5.41) is 5.64. The van der Waals surface area contributed by atoms with Crippen LogP contribution in [0.15, 0.2) is 48.5 Å². The van der Waals surface area contributed by atoms with Crippen LogP contribution in [0.25, 0.3) is 21.5 Å². The molecule has 112 valence electrons. The highest BCUT2D eigenvalue weighted by molar-refractivity contribution is 6.08. The Morgan fingerprint density at radius 2 is 1.55 bits per heavy atom. The first kappa shape index (κ1) is 13.8. The fourth-order valence-electron chi connectivity index (χ4n) is 3.44. The van der Waals surface area contributed by atoms with Gasteiger partial charge >= 0.3 is 0 Å². The van der Waals surface area contributed by atoms with Crippen LogP contribution in [0.5, 0.6) is 0 Å². The molecule has 1 heteroatoms. The van der Waals surface area contributed by atoms with E-state index in [4.69, 9.17) is 4.74 Å². The average molecular weight is 290 g/mol. The van der Waals surface area contributed by atoms with Crippen LogP contribution in [0.1, 0.15) is 30.9 Å². The first-order valence-electron chi connectivity index (χ1n) is 8.37. The summed E-state index contributed by atoms with van der Waals surface area (Å²) in [6.07, 6.45) is 5.80. The van der Waals surface area contributed by atoms with Crippen molar-refractivity contribution in [2.45, 2.75) is 38.7 Å². The van der Waals surface area contributed by atoms with Gasteiger partial charge in [-0.25, -0.2) is 0 Å². The number of fused-ring (bicyclic) bond motifs is 5. The molecule has 1 fully saturated rings. The molecule has 0 aromatic heterocycles. The van der Waals surface area contributed by atoms with Gasteiger partial charge in [0, 0.05) is 0 Å². The number of hydrogen-bond acceptors (Lipinski definition) is 1. The van der Waals surface area contributed by atoms with Gasteiger partial charge in [-0.15, -0.1) is 0 Å². The van der Waals surface area contributed by atoms with Gasteiger partial charge in [-0.1, -0.05) is 48.5 Å². The van der Waals surface area contributed by atoms with Crippen molar-refractivity contribution in [3.63, 3.8) is 0 Å². The van der Waals surface area contributed by atoms with E-state index in [9.17, 15) is 0 Å². The van der Waals surface area contributed by atoms with Gasteiger partial charge in [-0.2, -0.15) is 0 Å². The van der Waals surface area contributed by atoms with Crippen LogP contribution in [0.2, 0.25) is 0 Å². The number of rotatable bonds is 0. The summed E-state index contributed by atoms with van der Waals surface area (Å²) in [5.74, 6) is 0. The number of ether oxygens (including phenoxy) is 1. The maximum atomic E-state index is 4.71. The summed E-state index contributed by atoms with van der Waals surface area (Å²) < 4.78 is 4.71. The topological polar surface area (TPSA) is 12.5 Å². The van der Waals surface area contributed by atoms with E-state index in [0.29, 0.717) is 6.10 Å². The Morgan fingerprint density at radius 1 is 0.818 bits per heavy atom. The van der Waals surface area contributed by atoms with Crippen molar-refractivity contribution >= 4 is 21.5 Å². The third-order valence-corrected chi connectivity index (χ3v) is 4.76. The molecule has 5 rings (SSSR count). The monoisotopic (exact) mass is 290 g/mol. The highest BCUT2D eigenvalue weighted by atomic mass is 16.6. The van der Waals surface area contributed by atoms with Gasteiger partial charge in [0.1, 0.15) is 0 Å². The predicted octanol–water partition coefficient (Wildman–Crippen LogP) is 5.28. The number of hydrogen-bond donors (Lipinski definition) is 0. The minimum absolute atomic E-state index is 0.583. The second kappa shape index (κ2) is 5.73. The molecule has 1 saturated heterocycles. The lowest BCUT2D eigenvalue weighted by molar-refractivity contribution is 0.423. The molecule has 0 radical (unpaired) electrons. The van der Waals surface area contributed by atoms with Crippen molar-refractivity contribution in [2.24, 2.45) is 0 Å². The van der Waals surface area contributed by atoms with Crippen LogP contribution in [-0.4, -0.2) is 12.7 Å². The molecule has 22 heavy (non-hydrogen) atoms. The zero-order valence-corrected chi connectivity index (χ0v) is 13.1. The molecule has 1 nitrogen and oxygen atoms in total. The average Bonchev–Trinajstić information content (AvgIpc) is 3.37. The molecule has 0 bridgehead atoms. The van der Waals surface area contributed by atoms with Crippen LogP contribution in [0.4, 0.5) is 0 Å². The molecular formula is C21H22O. The molecule has 0 spiro atoms. The van der Waals surface area contributed by atoms with E-state index < -0.39 is 0 Å². The molecule has 1 aliphatic carbocycles. The quantitative estimate of drug-likeness (QED) is 0.405. The van der Waals surface area contributed by atoms with Crippen LogP contribution in [0.3, 0.4) is 0 Å². The van der Waals surface area contributed by atoms with E-state index in [1.165, 1.54) is 47.2 Å². The van der Waals surface area contributed by atoms with Crippen molar-refractivity contribution in [3.05, 3.63) is 59.7 Å². The number of benzene rings is 3. The molecular weight excluding hydrogens is 268 g/mol. The summed E-state index contributed by atoms with van der Waals surface area (Å²) >= 11 is 0. The summed E-state index contributed by atoms with van der Waals surface area (Å²) in [4.78, 5) is 0. The molecule has 0 saturated carbocycles. The Bertz CT molecular complexity index is 815. The lowest BCUT2D eigenvalue weighted by atomic mass is 9.86. The van der Waals surface area contributed by atoms with Crippen LogP contribution >= 0.6 is 0 Å². The normalized spacial score (nSPS) is 19.4. The van der Waals surface area contributed by atoms with Crippen LogP contribution < -0.4 is 0 Å². The van der Waals surface area contributed by atoms with E-state index in [-0.39, 0.29) is 0 Å². The highest BCUT2D eigenvalue weighted by Gasteiger charge is 2.13. The lowest BCUT2D eigenvalue weighted by Crippen LogP contribution is -2.02. The van der Waals surface area contributed by atoms with E-state index in [1.807, 2.05) is 0 Å². The molecule has 2 aliphatic rings. The maximum Gasteiger partial charge on any atom is 0.0781 e. The fraction of sp³-hybridized carbons (Fsp3) is 0.333. The van der Waals surface area contributed by atoms with E-state index in [0.717, 1.165) is 6.61 Å². The maximum absolute atomic E-state index is 4.71. The van der Waals surface area contributed by atoms with Gasteiger partial charge in [0.25, 0.3) is 0 Å². The largest absolute Gasteiger partial charge is 0.373 e. The first-order valence-corrected chi connectivity index (χ1v) is 8.37. The highest BCUT2D eigenvalue weighted by Crippen LogP contribution is 2.33. The standard InChI is InChI=1S/C18H16.C3H6O/c1-3-7-15-13(5-1)9-11-18-16-8-4-2-6-14(16)10-12-17(15)18;1-3-2-4-3/h1,3,5,7,9-12H,2,4,6,8H2;3H,2H2,1H3. The molecule has 0 N–H and O–H groups in total. The Hall–Kier alpha value is -1.86. The Balaban J connectivity index is 0.000000274. The van der Waals surface area contributed by atoms with Gasteiger partial charge in [0.2, 0.25) is 0 Å². The van der Waals surface area contributed by atoms with Gasteiger partial charge in [-0.05, 0) is 65.3 Å². The van der Waals surface area contributed by atoms with Crippen molar-refractivity contribution in [1.82, 2.24) is 0 Å². The predicted molar refractivity (Wildman–Crippen MR) is 93.5 cm³/mol. The van der Waals surface area contributed by atoms with Crippen molar-refractivity contribution in [1.29, 1.82) is 0 Å². The molecule has 3 aromatic rings. The minimum Gasteiger partial charge on any atom is -0.373 e.